The zero-order chi connectivity index (χ0) is 16.8. The van der Waals surface area contributed by atoms with Crippen molar-refractivity contribution in [2.75, 3.05) is 0 Å². The summed E-state index contributed by atoms with van der Waals surface area (Å²) in [5, 5.41) is 0. The first-order valence-electron chi connectivity index (χ1n) is 10.5. The molecule has 1 aromatic rings. The second-order valence-electron chi connectivity index (χ2n) is 8.41. The monoisotopic (exact) mass is 324 g/mol. The average Bonchev–Trinajstić information content (AvgIpc) is 2.64. The van der Waals surface area contributed by atoms with Crippen LogP contribution in [0.3, 0.4) is 0 Å². The Hall–Kier alpha value is -1.04. The fourth-order valence-corrected chi connectivity index (χ4v) is 4.95. The fourth-order valence-electron chi connectivity index (χ4n) is 4.95. The van der Waals surface area contributed by atoms with Crippen molar-refractivity contribution in [2.45, 2.75) is 84.0 Å². The molecule has 24 heavy (non-hydrogen) atoms. The molecule has 1 atom stereocenters. The van der Waals surface area contributed by atoms with Crippen molar-refractivity contribution < 1.29 is 0 Å². The number of allylic oxidation sites excluding steroid dienone is 1. The lowest BCUT2D eigenvalue weighted by molar-refractivity contribution is 0.241. The highest BCUT2D eigenvalue weighted by Gasteiger charge is 2.23. The van der Waals surface area contributed by atoms with Gasteiger partial charge in [0.05, 0.1) is 0 Å². The summed E-state index contributed by atoms with van der Waals surface area (Å²) in [4.78, 5) is 0. The molecule has 3 rings (SSSR count). The Morgan fingerprint density at radius 2 is 1.71 bits per heavy atom. The van der Waals surface area contributed by atoms with Crippen molar-refractivity contribution in [3.05, 3.63) is 47.5 Å². The van der Waals surface area contributed by atoms with E-state index >= 15 is 0 Å². The summed E-state index contributed by atoms with van der Waals surface area (Å²) in [6, 6.07) is 7.25. The Balaban J connectivity index is 1.46. The van der Waals surface area contributed by atoms with E-state index in [2.05, 4.69) is 31.7 Å². The maximum absolute atomic E-state index is 3.84. The topological polar surface area (TPSA) is 0 Å². The van der Waals surface area contributed by atoms with Crippen LogP contribution in [0.25, 0.3) is 0 Å². The highest BCUT2D eigenvalue weighted by Crippen LogP contribution is 2.36. The molecule has 1 aromatic carbocycles. The number of rotatable bonds is 7. The first kappa shape index (κ1) is 17.8. The molecule has 0 aliphatic heterocycles. The van der Waals surface area contributed by atoms with Crippen LogP contribution in [-0.2, 0) is 19.3 Å². The highest BCUT2D eigenvalue weighted by molar-refractivity contribution is 5.34. The fraction of sp³-hybridized carbons (Fsp3) is 0.667. The number of hydrogen-bond acceptors (Lipinski definition) is 0. The van der Waals surface area contributed by atoms with Crippen molar-refractivity contribution in [2.24, 2.45) is 17.8 Å². The molecule has 0 radical (unpaired) electrons. The van der Waals surface area contributed by atoms with E-state index in [1.165, 1.54) is 69.8 Å². The van der Waals surface area contributed by atoms with Gasteiger partial charge in [-0.25, -0.2) is 0 Å². The summed E-state index contributed by atoms with van der Waals surface area (Å²) >= 11 is 0. The summed E-state index contributed by atoms with van der Waals surface area (Å²) in [5.41, 5.74) is 4.78. The van der Waals surface area contributed by atoms with Gasteiger partial charge in [-0.2, -0.15) is 0 Å². The Bertz CT molecular complexity index is 519. The Labute approximate surface area is 149 Å². The summed E-state index contributed by atoms with van der Waals surface area (Å²) in [6.45, 7) is 6.21. The lowest BCUT2D eigenvalue weighted by Crippen LogP contribution is -2.18. The summed E-state index contributed by atoms with van der Waals surface area (Å²) in [7, 11) is 0. The molecule has 0 saturated heterocycles. The van der Waals surface area contributed by atoms with Gasteiger partial charge in [-0.1, -0.05) is 69.7 Å². The van der Waals surface area contributed by atoms with E-state index in [9.17, 15) is 0 Å². The standard InChI is InChI=1S/C24H36/c1-3-5-6-21-13-15-24-18-22(14-16-23(24)17-21)12-11-20-9-7-19(4-2)8-10-20/h3,13,15,17,19-20,22H,1,4-12,14,16,18H2,2H3. The van der Waals surface area contributed by atoms with Gasteiger partial charge in [-0.05, 0) is 73.0 Å². The van der Waals surface area contributed by atoms with Crippen LogP contribution in [0.4, 0.5) is 0 Å². The first-order chi connectivity index (χ1) is 11.8. The van der Waals surface area contributed by atoms with Gasteiger partial charge in [-0.3, -0.25) is 0 Å². The van der Waals surface area contributed by atoms with Crippen LogP contribution in [0.15, 0.2) is 30.9 Å². The van der Waals surface area contributed by atoms with Crippen molar-refractivity contribution in [1.82, 2.24) is 0 Å². The van der Waals surface area contributed by atoms with E-state index in [-0.39, 0.29) is 0 Å². The van der Waals surface area contributed by atoms with Gasteiger partial charge >= 0.3 is 0 Å². The molecule has 1 saturated carbocycles. The van der Waals surface area contributed by atoms with Crippen molar-refractivity contribution >= 4 is 0 Å². The summed E-state index contributed by atoms with van der Waals surface area (Å²) in [6.07, 6.45) is 18.7. The van der Waals surface area contributed by atoms with E-state index in [0.717, 1.165) is 30.6 Å². The van der Waals surface area contributed by atoms with Gasteiger partial charge in [0.15, 0.2) is 0 Å². The molecule has 0 bridgehead atoms. The van der Waals surface area contributed by atoms with E-state index in [4.69, 9.17) is 0 Å². The molecule has 0 nitrogen and oxygen atoms in total. The molecular formula is C24H36. The van der Waals surface area contributed by atoms with Gasteiger partial charge in [0.25, 0.3) is 0 Å². The molecular weight excluding hydrogens is 288 g/mol. The van der Waals surface area contributed by atoms with Gasteiger partial charge in [0.1, 0.15) is 0 Å². The first-order valence-corrected chi connectivity index (χ1v) is 10.5. The van der Waals surface area contributed by atoms with E-state index in [0.29, 0.717) is 0 Å². The zero-order valence-corrected chi connectivity index (χ0v) is 15.7. The van der Waals surface area contributed by atoms with Gasteiger partial charge in [0.2, 0.25) is 0 Å². The minimum Gasteiger partial charge on any atom is -0.103 e. The van der Waals surface area contributed by atoms with Crippen LogP contribution in [0.1, 0.15) is 81.4 Å². The average molecular weight is 325 g/mol. The number of aryl methyl sites for hydroxylation is 2. The quantitative estimate of drug-likeness (QED) is 0.478. The highest BCUT2D eigenvalue weighted by atomic mass is 14.3. The number of fused-ring (bicyclic) bond motifs is 1. The smallest absolute Gasteiger partial charge is 0.0244 e. The minimum atomic E-state index is 0.945. The number of benzene rings is 1. The molecule has 2 aliphatic rings. The molecule has 0 N–H and O–H groups in total. The molecule has 0 spiro atoms. The molecule has 0 amide bonds. The Morgan fingerprint density at radius 1 is 0.958 bits per heavy atom. The maximum Gasteiger partial charge on any atom is -0.0244 e. The molecule has 0 heteroatoms. The summed E-state index contributed by atoms with van der Waals surface area (Å²) in [5.74, 6) is 3.02. The van der Waals surface area contributed by atoms with E-state index < -0.39 is 0 Å². The van der Waals surface area contributed by atoms with Crippen LogP contribution < -0.4 is 0 Å². The molecule has 0 aromatic heterocycles. The van der Waals surface area contributed by atoms with Gasteiger partial charge < -0.3 is 0 Å². The Morgan fingerprint density at radius 3 is 2.46 bits per heavy atom. The van der Waals surface area contributed by atoms with Crippen molar-refractivity contribution in [3.63, 3.8) is 0 Å². The molecule has 132 valence electrons. The zero-order valence-electron chi connectivity index (χ0n) is 15.7. The minimum absolute atomic E-state index is 0.945. The Kier molecular flexibility index (Phi) is 6.58. The van der Waals surface area contributed by atoms with Crippen molar-refractivity contribution in [1.29, 1.82) is 0 Å². The van der Waals surface area contributed by atoms with Gasteiger partial charge in [-0.15, -0.1) is 6.58 Å². The van der Waals surface area contributed by atoms with Crippen LogP contribution in [0, 0.1) is 17.8 Å². The predicted octanol–water partition coefficient (Wildman–Crippen LogP) is 6.91. The molecule has 2 aliphatic carbocycles. The normalized spacial score (nSPS) is 26.8. The van der Waals surface area contributed by atoms with Gasteiger partial charge in [0, 0.05) is 0 Å². The second-order valence-corrected chi connectivity index (χ2v) is 8.41. The molecule has 1 fully saturated rings. The van der Waals surface area contributed by atoms with E-state index in [1.54, 1.807) is 11.1 Å². The second kappa shape index (κ2) is 8.88. The summed E-state index contributed by atoms with van der Waals surface area (Å²) < 4.78 is 0. The van der Waals surface area contributed by atoms with Crippen molar-refractivity contribution in [3.8, 4) is 0 Å². The third kappa shape index (κ3) is 4.74. The third-order valence-corrected chi connectivity index (χ3v) is 6.77. The van der Waals surface area contributed by atoms with Crippen LogP contribution >= 0.6 is 0 Å². The largest absolute Gasteiger partial charge is 0.103 e. The lowest BCUT2D eigenvalue weighted by Gasteiger charge is -2.30. The van der Waals surface area contributed by atoms with Crippen LogP contribution in [0.2, 0.25) is 0 Å². The SMILES string of the molecule is C=CCCc1ccc2c(c1)CCC(CCC1CCC(CC)CC1)C2. The molecule has 0 heterocycles. The van der Waals surface area contributed by atoms with Crippen LogP contribution in [-0.4, -0.2) is 0 Å². The predicted molar refractivity (Wildman–Crippen MR) is 105 cm³/mol. The third-order valence-electron chi connectivity index (χ3n) is 6.77. The van der Waals surface area contributed by atoms with E-state index in [1.807, 2.05) is 6.08 Å². The molecule has 1 unspecified atom stereocenters. The van der Waals surface area contributed by atoms with Crippen LogP contribution in [0.5, 0.6) is 0 Å². The lowest BCUT2D eigenvalue weighted by atomic mass is 9.75. The number of hydrogen-bond donors (Lipinski definition) is 0. The maximum atomic E-state index is 3.84.